The molecule has 176 valence electrons. The second kappa shape index (κ2) is 10.9. The SMILES string of the molecule is COc1ccc([C@@]23CCC(=NSNC(=O)NCCCC(=O)O)C[C@@H]2N(C)CC3)cc1OC. The van der Waals surface area contributed by atoms with Gasteiger partial charge in [-0.2, -0.15) is 0 Å². The number of urea groups is 1. The van der Waals surface area contributed by atoms with E-state index < -0.39 is 5.97 Å². The number of fused-ring (bicyclic) bond motifs is 1. The van der Waals surface area contributed by atoms with Crippen molar-refractivity contribution < 1.29 is 24.2 Å². The lowest BCUT2D eigenvalue weighted by Gasteiger charge is -2.42. The third-order valence-electron chi connectivity index (χ3n) is 6.49. The smallest absolute Gasteiger partial charge is 0.326 e. The van der Waals surface area contributed by atoms with E-state index in [1.807, 2.05) is 6.07 Å². The van der Waals surface area contributed by atoms with Gasteiger partial charge in [-0.3, -0.25) is 9.52 Å². The first-order valence-electron chi connectivity index (χ1n) is 10.8. The van der Waals surface area contributed by atoms with Crippen molar-refractivity contribution in [2.24, 2.45) is 4.40 Å². The first kappa shape index (κ1) is 24.2. The highest BCUT2D eigenvalue weighted by molar-refractivity contribution is 7.96. The van der Waals surface area contributed by atoms with E-state index in [1.165, 1.54) is 5.56 Å². The van der Waals surface area contributed by atoms with Crippen LogP contribution in [0.3, 0.4) is 0 Å². The van der Waals surface area contributed by atoms with Crippen molar-refractivity contribution in [2.75, 3.05) is 34.4 Å². The van der Waals surface area contributed by atoms with Gasteiger partial charge < -0.3 is 24.8 Å². The number of hydrogen-bond acceptors (Lipinski definition) is 7. The Morgan fingerprint density at radius 2 is 2.06 bits per heavy atom. The van der Waals surface area contributed by atoms with Crippen molar-refractivity contribution in [3.63, 3.8) is 0 Å². The number of nitrogens with one attached hydrogen (secondary N) is 2. The van der Waals surface area contributed by atoms with Crippen LogP contribution >= 0.6 is 12.1 Å². The molecule has 3 rings (SSSR count). The quantitative estimate of drug-likeness (QED) is 0.380. The highest BCUT2D eigenvalue weighted by Crippen LogP contribution is 2.49. The summed E-state index contributed by atoms with van der Waals surface area (Å²) in [4.78, 5) is 24.7. The molecule has 2 aliphatic rings. The molecule has 0 bridgehead atoms. The maximum absolute atomic E-state index is 11.8. The lowest BCUT2D eigenvalue weighted by molar-refractivity contribution is -0.137. The number of carbonyl (C=O) groups is 2. The monoisotopic (exact) mass is 464 g/mol. The minimum atomic E-state index is -0.869. The Bertz CT molecular complexity index is 865. The number of carbonyl (C=O) groups excluding carboxylic acids is 1. The predicted molar refractivity (Wildman–Crippen MR) is 125 cm³/mol. The second-order valence-corrected chi connectivity index (χ2v) is 8.85. The zero-order valence-corrected chi connectivity index (χ0v) is 19.7. The molecule has 10 heteroatoms. The Morgan fingerprint density at radius 3 is 2.78 bits per heavy atom. The molecule has 0 aromatic heterocycles. The van der Waals surface area contributed by atoms with Crippen LogP contribution < -0.4 is 19.5 Å². The molecule has 1 saturated carbocycles. The molecule has 0 spiro atoms. The number of nitrogens with zero attached hydrogens (tertiary/aromatic N) is 2. The largest absolute Gasteiger partial charge is 0.493 e. The van der Waals surface area contributed by atoms with Crippen molar-refractivity contribution in [1.82, 2.24) is 14.9 Å². The van der Waals surface area contributed by atoms with Gasteiger partial charge in [0.2, 0.25) is 0 Å². The molecule has 9 nitrogen and oxygen atoms in total. The number of carboxylic acid groups (broad SMARTS) is 1. The Morgan fingerprint density at radius 1 is 1.28 bits per heavy atom. The minimum absolute atomic E-state index is 0.0342. The van der Waals surface area contributed by atoms with Gasteiger partial charge in [0.15, 0.2) is 11.5 Å². The van der Waals surface area contributed by atoms with E-state index in [4.69, 9.17) is 14.6 Å². The molecule has 1 aromatic carbocycles. The van der Waals surface area contributed by atoms with Crippen molar-refractivity contribution >= 4 is 29.8 Å². The van der Waals surface area contributed by atoms with Crippen LogP contribution in [0.15, 0.2) is 22.6 Å². The van der Waals surface area contributed by atoms with Gasteiger partial charge in [0.1, 0.15) is 0 Å². The fraction of sp³-hybridized carbons (Fsp3) is 0.591. The summed E-state index contributed by atoms with van der Waals surface area (Å²) in [6, 6.07) is 6.21. The van der Waals surface area contributed by atoms with E-state index >= 15 is 0 Å². The van der Waals surface area contributed by atoms with E-state index in [2.05, 4.69) is 38.5 Å². The third kappa shape index (κ3) is 5.47. The van der Waals surface area contributed by atoms with Gasteiger partial charge in [-0.25, -0.2) is 9.19 Å². The fourth-order valence-corrected chi connectivity index (χ4v) is 5.27. The number of likely N-dealkylation sites (N-methyl/N-ethyl adjacent to an activating group) is 1. The van der Waals surface area contributed by atoms with E-state index in [9.17, 15) is 9.59 Å². The average Bonchev–Trinajstić information content (AvgIpc) is 3.13. The Balaban J connectivity index is 1.60. The summed E-state index contributed by atoms with van der Waals surface area (Å²) in [5.74, 6) is 0.616. The van der Waals surface area contributed by atoms with E-state index in [-0.39, 0.29) is 17.9 Å². The van der Waals surface area contributed by atoms with Crippen LogP contribution in [-0.4, -0.2) is 68.1 Å². The van der Waals surface area contributed by atoms with Gasteiger partial charge in [0, 0.05) is 36.6 Å². The molecule has 1 aliphatic heterocycles. The van der Waals surface area contributed by atoms with Crippen LogP contribution in [-0.2, 0) is 10.2 Å². The molecule has 32 heavy (non-hydrogen) atoms. The summed E-state index contributed by atoms with van der Waals surface area (Å²) in [5.41, 5.74) is 2.40. The average molecular weight is 465 g/mol. The highest BCUT2D eigenvalue weighted by Gasteiger charge is 2.49. The van der Waals surface area contributed by atoms with Gasteiger partial charge in [-0.15, -0.1) is 0 Å². The standard InChI is InChI=1S/C22H32N4O5S/c1-26-12-10-22(15-6-7-17(30-2)18(13-15)31-3)9-8-16(14-19(22)26)24-32-25-21(29)23-11-4-5-20(27)28/h6-7,13,19H,4-5,8-12,14H2,1-3H3,(H,27,28)(H2,23,25,29)/t19-,22-/m0/s1. The second-order valence-electron chi connectivity index (χ2n) is 8.28. The normalized spacial score (nSPS) is 24.1. The molecular weight excluding hydrogens is 432 g/mol. The molecule has 1 aromatic rings. The molecule has 1 saturated heterocycles. The molecule has 0 radical (unpaired) electrons. The van der Waals surface area contributed by atoms with Crippen molar-refractivity contribution in [3.8, 4) is 11.5 Å². The van der Waals surface area contributed by atoms with Crippen LogP contribution in [0, 0.1) is 0 Å². The number of hydrogen-bond donors (Lipinski definition) is 3. The highest BCUT2D eigenvalue weighted by atomic mass is 32.2. The summed E-state index contributed by atoms with van der Waals surface area (Å²) in [7, 11) is 5.47. The molecule has 2 atom stereocenters. The summed E-state index contributed by atoms with van der Waals surface area (Å²) >= 11 is 1.03. The Labute approximate surface area is 193 Å². The first-order valence-corrected chi connectivity index (χ1v) is 11.6. The number of amides is 2. The van der Waals surface area contributed by atoms with E-state index in [1.54, 1.807) is 14.2 Å². The Hall–Kier alpha value is -2.46. The number of carboxylic acids is 1. The third-order valence-corrected chi connectivity index (χ3v) is 7.12. The van der Waals surface area contributed by atoms with Gasteiger partial charge in [0.05, 0.1) is 26.4 Å². The number of benzene rings is 1. The fourth-order valence-electron chi connectivity index (χ4n) is 4.77. The van der Waals surface area contributed by atoms with E-state index in [0.717, 1.165) is 61.6 Å². The maximum atomic E-state index is 11.8. The van der Waals surface area contributed by atoms with Gasteiger partial charge >= 0.3 is 12.0 Å². The molecule has 3 N–H and O–H groups in total. The number of likely N-dealkylation sites (tertiary alicyclic amines) is 1. The van der Waals surface area contributed by atoms with Crippen LogP contribution in [0.1, 0.15) is 44.1 Å². The molecule has 1 heterocycles. The topological polar surface area (TPSA) is 112 Å². The number of aliphatic carboxylic acids is 1. The van der Waals surface area contributed by atoms with Gasteiger partial charge in [0.25, 0.3) is 0 Å². The van der Waals surface area contributed by atoms with Crippen LogP contribution in [0.5, 0.6) is 11.5 Å². The number of rotatable bonds is 9. The lowest BCUT2D eigenvalue weighted by atomic mass is 9.65. The first-order chi connectivity index (χ1) is 15.4. The summed E-state index contributed by atoms with van der Waals surface area (Å²) in [6.07, 6.45) is 4.22. The van der Waals surface area contributed by atoms with E-state index in [0.29, 0.717) is 19.0 Å². The summed E-state index contributed by atoms with van der Waals surface area (Å²) in [5, 5.41) is 11.3. The Kier molecular flexibility index (Phi) is 8.25. The molecule has 1 aliphatic carbocycles. The summed E-state index contributed by atoms with van der Waals surface area (Å²) in [6.45, 7) is 1.34. The molecule has 2 amide bonds. The molecule has 0 unspecified atom stereocenters. The van der Waals surface area contributed by atoms with Crippen LogP contribution in [0.4, 0.5) is 4.79 Å². The predicted octanol–water partition coefficient (Wildman–Crippen LogP) is 3.00. The number of ether oxygens (including phenoxy) is 2. The lowest BCUT2D eigenvalue weighted by Crippen LogP contribution is -2.46. The minimum Gasteiger partial charge on any atom is -0.493 e. The number of methoxy groups -OCH3 is 2. The van der Waals surface area contributed by atoms with Crippen molar-refractivity contribution in [1.29, 1.82) is 0 Å². The van der Waals surface area contributed by atoms with Crippen molar-refractivity contribution in [2.45, 2.75) is 50.0 Å². The van der Waals surface area contributed by atoms with Gasteiger partial charge in [-0.1, -0.05) is 6.07 Å². The zero-order valence-electron chi connectivity index (χ0n) is 18.8. The van der Waals surface area contributed by atoms with Crippen LogP contribution in [0.2, 0.25) is 0 Å². The van der Waals surface area contributed by atoms with Crippen LogP contribution in [0.25, 0.3) is 0 Å². The maximum Gasteiger partial charge on any atom is 0.326 e. The zero-order chi connectivity index (χ0) is 23.1. The molecule has 2 fully saturated rings. The van der Waals surface area contributed by atoms with Gasteiger partial charge in [-0.05, 0) is 57.0 Å². The molecular formula is C22H32N4O5S. The summed E-state index contributed by atoms with van der Waals surface area (Å²) < 4.78 is 18.2. The van der Waals surface area contributed by atoms with Crippen molar-refractivity contribution in [3.05, 3.63) is 23.8 Å².